The second-order valence-electron chi connectivity index (χ2n) is 6.07. The van der Waals surface area contributed by atoms with Gasteiger partial charge in [0.1, 0.15) is 18.0 Å². The second-order valence-corrected chi connectivity index (χ2v) is 6.07. The van der Waals surface area contributed by atoms with Crippen LogP contribution in [0.4, 0.5) is 0 Å². The molecule has 2 bridgehead atoms. The number of carbonyl (C=O) groups excluding carboxylic acids is 1. The smallest absolute Gasteiger partial charge is 0.263 e. The molecule has 1 atom stereocenters. The third-order valence-corrected chi connectivity index (χ3v) is 4.51. The maximum Gasteiger partial charge on any atom is 0.263 e. The fourth-order valence-corrected chi connectivity index (χ4v) is 3.39. The van der Waals surface area contributed by atoms with E-state index in [-0.39, 0.29) is 24.9 Å². The number of ether oxygens (including phenoxy) is 2. The molecule has 8 nitrogen and oxygen atoms in total. The molecule has 1 aliphatic carbocycles. The molecule has 1 unspecified atom stereocenters. The molecule has 22 heavy (non-hydrogen) atoms. The topological polar surface area (TPSA) is 114 Å². The number of methoxy groups -OCH3 is 1. The average Bonchev–Trinajstić information content (AvgIpc) is 2.86. The van der Waals surface area contributed by atoms with E-state index in [0.717, 1.165) is 0 Å². The van der Waals surface area contributed by atoms with Gasteiger partial charge in [-0.3, -0.25) is 9.59 Å². The van der Waals surface area contributed by atoms with Gasteiger partial charge in [0.2, 0.25) is 0 Å². The quantitative estimate of drug-likeness (QED) is 0.665. The Balaban J connectivity index is 1.75. The molecule has 8 heteroatoms. The normalized spacial score (nSPS) is 32.6. The molecule has 1 saturated carbocycles. The lowest BCUT2D eigenvalue weighted by Gasteiger charge is -2.44. The fourth-order valence-electron chi connectivity index (χ4n) is 3.39. The largest absolute Gasteiger partial charge is 0.393 e. The average molecular weight is 309 g/mol. The first-order valence-electron chi connectivity index (χ1n) is 7.12. The molecule has 3 aliphatic rings. The van der Waals surface area contributed by atoms with Crippen molar-refractivity contribution in [3.05, 3.63) is 27.9 Å². The molecule has 1 aromatic rings. The first-order valence-corrected chi connectivity index (χ1v) is 7.12. The minimum absolute atomic E-state index is 0.0465. The van der Waals surface area contributed by atoms with E-state index in [4.69, 9.17) is 9.47 Å². The van der Waals surface area contributed by atoms with Crippen LogP contribution < -0.4 is 10.9 Å². The molecule has 0 radical (unpaired) electrons. The number of aromatic amines is 1. The van der Waals surface area contributed by atoms with Crippen LogP contribution in [0.5, 0.6) is 0 Å². The lowest BCUT2D eigenvalue weighted by molar-refractivity contribution is -0.0612. The van der Waals surface area contributed by atoms with Crippen molar-refractivity contribution in [3.63, 3.8) is 0 Å². The van der Waals surface area contributed by atoms with E-state index in [1.807, 2.05) is 6.92 Å². The van der Waals surface area contributed by atoms with Crippen molar-refractivity contribution in [2.45, 2.75) is 43.6 Å². The summed E-state index contributed by atoms with van der Waals surface area (Å²) in [5, 5.41) is 12.2. The Kier molecular flexibility index (Phi) is 3.54. The monoisotopic (exact) mass is 309 g/mol. The van der Waals surface area contributed by atoms with Crippen LogP contribution in [0, 0.1) is 0 Å². The van der Waals surface area contributed by atoms with E-state index < -0.39 is 22.6 Å². The van der Waals surface area contributed by atoms with Gasteiger partial charge in [0.15, 0.2) is 0 Å². The molecule has 3 N–H and O–H groups in total. The molecular formula is C14H19N3O5. The van der Waals surface area contributed by atoms with Gasteiger partial charge in [-0.05, 0) is 6.92 Å². The number of hydrogen-bond acceptors (Lipinski definition) is 6. The number of fused-ring (bicyclic) bond motifs is 1. The highest BCUT2D eigenvalue weighted by atomic mass is 16.5. The van der Waals surface area contributed by atoms with Crippen LogP contribution in [0.15, 0.2) is 11.0 Å². The summed E-state index contributed by atoms with van der Waals surface area (Å²) in [6.07, 6.45) is 2.15. The van der Waals surface area contributed by atoms with Crippen LogP contribution in [0.25, 0.3) is 0 Å². The van der Waals surface area contributed by atoms with Crippen LogP contribution in [0.2, 0.25) is 0 Å². The molecule has 1 aromatic heterocycles. The Labute approximate surface area is 126 Å². The molecule has 4 rings (SSSR count). The summed E-state index contributed by atoms with van der Waals surface area (Å²) in [7, 11) is 1.49. The van der Waals surface area contributed by atoms with Gasteiger partial charge < -0.3 is 24.9 Å². The van der Waals surface area contributed by atoms with Gasteiger partial charge in [0.25, 0.3) is 11.5 Å². The van der Waals surface area contributed by atoms with E-state index in [0.29, 0.717) is 18.7 Å². The third kappa shape index (κ3) is 2.23. The van der Waals surface area contributed by atoms with Crippen LogP contribution in [-0.4, -0.2) is 51.9 Å². The summed E-state index contributed by atoms with van der Waals surface area (Å²) >= 11 is 0. The van der Waals surface area contributed by atoms with Gasteiger partial charge in [-0.2, -0.15) is 0 Å². The van der Waals surface area contributed by atoms with Crippen molar-refractivity contribution in [2.24, 2.45) is 0 Å². The number of carbonyl (C=O) groups is 1. The number of amides is 1. The summed E-state index contributed by atoms with van der Waals surface area (Å²) in [6, 6.07) is 0. The van der Waals surface area contributed by atoms with Gasteiger partial charge in [-0.1, -0.05) is 0 Å². The van der Waals surface area contributed by atoms with Gasteiger partial charge in [-0.25, -0.2) is 4.98 Å². The fraction of sp³-hybridized carbons (Fsp3) is 0.643. The Morgan fingerprint density at radius 1 is 1.64 bits per heavy atom. The zero-order valence-corrected chi connectivity index (χ0v) is 12.5. The lowest BCUT2D eigenvalue weighted by Crippen LogP contribution is -2.62. The lowest BCUT2D eigenvalue weighted by atomic mass is 9.66. The summed E-state index contributed by atoms with van der Waals surface area (Å²) in [5.74, 6) is -0.121. The van der Waals surface area contributed by atoms with Crippen molar-refractivity contribution in [3.8, 4) is 0 Å². The second kappa shape index (κ2) is 5.15. The highest BCUT2D eigenvalue weighted by Crippen LogP contribution is 2.55. The maximum absolute atomic E-state index is 12.3. The van der Waals surface area contributed by atoms with Crippen molar-refractivity contribution in [1.82, 2.24) is 15.3 Å². The number of aromatic nitrogens is 2. The van der Waals surface area contributed by atoms with Crippen molar-refractivity contribution < 1.29 is 19.4 Å². The molecule has 2 saturated heterocycles. The number of aliphatic hydroxyl groups is 1. The predicted molar refractivity (Wildman–Crippen MR) is 75.4 cm³/mol. The van der Waals surface area contributed by atoms with Crippen molar-refractivity contribution in [2.75, 3.05) is 13.7 Å². The minimum Gasteiger partial charge on any atom is -0.393 e. The summed E-state index contributed by atoms with van der Waals surface area (Å²) < 4.78 is 10.6. The van der Waals surface area contributed by atoms with Gasteiger partial charge in [-0.15, -0.1) is 0 Å². The van der Waals surface area contributed by atoms with Gasteiger partial charge >= 0.3 is 0 Å². The predicted octanol–water partition coefficient (Wildman–Crippen LogP) is -0.671. The first-order chi connectivity index (χ1) is 10.4. The van der Waals surface area contributed by atoms with Crippen molar-refractivity contribution in [1.29, 1.82) is 0 Å². The molecule has 2 aliphatic heterocycles. The number of hydrogen-bond donors (Lipinski definition) is 3. The van der Waals surface area contributed by atoms with E-state index in [2.05, 4.69) is 15.3 Å². The molecule has 3 fully saturated rings. The van der Waals surface area contributed by atoms with E-state index in [1.165, 1.54) is 13.3 Å². The summed E-state index contributed by atoms with van der Waals surface area (Å²) in [5.41, 5.74) is -1.61. The first kappa shape index (κ1) is 15.1. The maximum atomic E-state index is 12.3. The highest BCUT2D eigenvalue weighted by Gasteiger charge is 2.66. The number of H-pyrrole nitrogens is 1. The van der Waals surface area contributed by atoms with Crippen molar-refractivity contribution >= 4 is 5.91 Å². The molecule has 120 valence electrons. The number of aliphatic hydroxyl groups excluding tert-OH is 1. The standard InChI is InChI=1S/C14H19N3O5/c1-8-14(5-13(6-14,7-18)22-8)17-12(20)9-3-15-10(4-21-2)16-11(9)19/h3,8,18H,4-7H2,1-2H3,(H,17,20)(H,15,16,19). The third-order valence-electron chi connectivity index (χ3n) is 4.51. The number of rotatable bonds is 5. The van der Waals surface area contributed by atoms with E-state index >= 15 is 0 Å². The Morgan fingerprint density at radius 2 is 2.36 bits per heavy atom. The molecular weight excluding hydrogens is 290 g/mol. The Morgan fingerprint density at radius 3 is 2.91 bits per heavy atom. The van der Waals surface area contributed by atoms with E-state index in [9.17, 15) is 14.7 Å². The van der Waals surface area contributed by atoms with Crippen LogP contribution in [-0.2, 0) is 16.1 Å². The van der Waals surface area contributed by atoms with Gasteiger partial charge in [0.05, 0.1) is 23.9 Å². The molecule has 0 spiro atoms. The number of nitrogens with zero attached hydrogens (tertiary/aromatic N) is 1. The summed E-state index contributed by atoms with van der Waals surface area (Å²) in [4.78, 5) is 30.8. The molecule has 3 heterocycles. The highest BCUT2D eigenvalue weighted by molar-refractivity contribution is 5.94. The zero-order valence-electron chi connectivity index (χ0n) is 12.5. The van der Waals surface area contributed by atoms with Crippen LogP contribution >= 0.6 is 0 Å². The SMILES string of the molecule is COCc1ncc(C(=O)NC23CC(CO)(C2)OC3C)c(=O)[nH]1. The van der Waals surface area contributed by atoms with Gasteiger partial charge in [0, 0.05) is 26.1 Å². The summed E-state index contributed by atoms with van der Waals surface area (Å²) in [6.45, 7) is 1.96. The Hall–Kier alpha value is -1.77. The molecule has 1 amide bonds. The molecule has 0 aromatic carbocycles. The van der Waals surface area contributed by atoms with Crippen LogP contribution in [0.1, 0.15) is 35.9 Å². The zero-order chi connectivity index (χ0) is 16.0. The minimum atomic E-state index is -0.542. The Bertz CT molecular complexity index is 650. The van der Waals surface area contributed by atoms with E-state index in [1.54, 1.807) is 0 Å². The van der Waals surface area contributed by atoms with Crippen LogP contribution in [0.3, 0.4) is 0 Å². The number of nitrogens with one attached hydrogen (secondary N) is 2.